The fourth-order valence-corrected chi connectivity index (χ4v) is 14.3. The number of aliphatic hydroxyl groups excluding tert-OH is 1. The Morgan fingerprint density at radius 3 is 0.673 bits per heavy atom. The number of rotatable bonds is 81. The van der Waals surface area contributed by atoms with E-state index in [2.05, 4.69) is 41.5 Å². The van der Waals surface area contributed by atoms with Gasteiger partial charge in [-0.25, -0.2) is 9.13 Å². The van der Waals surface area contributed by atoms with Crippen molar-refractivity contribution in [2.24, 2.45) is 11.8 Å². The second-order valence-electron chi connectivity index (χ2n) is 30.5. The van der Waals surface area contributed by atoms with Crippen LogP contribution in [0.4, 0.5) is 0 Å². The Hall–Kier alpha value is -1.94. The molecule has 0 heterocycles. The summed E-state index contributed by atoms with van der Waals surface area (Å²) in [4.78, 5) is 73.0. The van der Waals surface area contributed by atoms with E-state index in [1.165, 1.54) is 244 Å². The molecule has 0 aliphatic rings. The van der Waals surface area contributed by atoms with E-state index in [0.29, 0.717) is 31.6 Å². The molecule has 0 aliphatic carbocycles. The van der Waals surface area contributed by atoms with Gasteiger partial charge >= 0.3 is 39.5 Å². The summed E-state index contributed by atoms with van der Waals surface area (Å²) in [5, 5.41) is 10.6. The lowest BCUT2D eigenvalue weighted by molar-refractivity contribution is -0.161. The topological polar surface area (TPSA) is 237 Å². The highest BCUT2D eigenvalue weighted by Crippen LogP contribution is 2.45. The molecule has 0 aromatic carbocycles. The minimum absolute atomic E-state index is 0.104. The Morgan fingerprint density at radius 2 is 0.455 bits per heavy atom. The molecule has 101 heavy (non-hydrogen) atoms. The molecule has 3 N–H and O–H groups in total. The summed E-state index contributed by atoms with van der Waals surface area (Å²) in [6.07, 6.45) is 64.2. The summed E-state index contributed by atoms with van der Waals surface area (Å²) in [5.74, 6) is -0.689. The fourth-order valence-electron chi connectivity index (χ4n) is 12.7. The first-order valence-corrected chi connectivity index (χ1v) is 45.5. The van der Waals surface area contributed by atoms with Crippen molar-refractivity contribution in [3.8, 4) is 0 Å². The van der Waals surface area contributed by atoms with Crippen LogP contribution in [0.15, 0.2) is 0 Å². The molecule has 0 saturated carbocycles. The van der Waals surface area contributed by atoms with Crippen LogP contribution >= 0.6 is 15.6 Å². The Kier molecular flexibility index (Phi) is 72.2. The normalized spacial score (nSPS) is 13.9. The molecule has 600 valence electrons. The molecule has 0 rings (SSSR count). The quantitative estimate of drug-likeness (QED) is 0.0222. The third-order valence-corrected chi connectivity index (χ3v) is 21.1. The average molecular weight is 1480 g/mol. The van der Waals surface area contributed by atoms with Gasteiger partial charge in [0.1, 0.15) is 19.3 Å². The molecule has 0 amide bonds. The largest absolute Gasteiger partial charge is 0.472 e. The lowest BCUT2D eigenvalue weighted by Gasteiger charge is -2.21. The number of phosphoric acid groups is 2. The van der Waals surface area contributed by atoms with Gasteiger partial charge in [0.25, 0.3) is 0 Å². The van der Waals surface area contributed by atoms with Crippen molar-refractivity contribution >= 4 is 39.5 Å². The van der Waals surface area contributed by atoms with E-state index >= 15 is 0 Å². The van der Waals surface area contributed by atoms with Gasteiger partial charge in [-0.2, -0.15) is 0 Å². The molecule has 5 atom stereocenters. The predicted octanol–water partition coefficient (Wildman–Crippen LogP) is 24.7. The van der Waals surface area contributed by atoms with Gasteiger partial charge < -0.3 is 33.8 Å². The minimum Gasteiger partial charge on any atom is -0.462 e. The van der Waals surface area contributed by atoms with Crippen LogP contribution in [-0.2, 0) is 65.4 Å². The molecule has 0 aromatic heterocycles. The molecule has 0 saturated heterocycles. The summed E-state index contributed by atoms with van der Waals surface area (Å²) in [7, 11) is -9.92. The van der Waals surface area contributed by atoms with Gasteiger partial charge in [-0.3, -0.25) is 37.3 Å². The summed E-state index contributed by atoms with van der Waals surface area (Å²) >= 11 is 0. The standard InChI is InChI=1S/C82H160O17P2/c1-7-9-11-13-15-17-19-21-23-25-27-29-31-33-35-37-39-46-52-58-64-79(84)92-70-77(98-81(86)66-60-54-47-40-38-36-34-32-30-28-26-24-22-20-18-16-14-12-10-8-2)72-96-100(88,89)94-68-76(83)69-95-101(90,91)97-73-78(71-93-80(85)65-59-53-49-43-45-51-57-63-75(5)6)99-82(87)67-61-55-48-42-41-44-50-56-62-74(3)4/h74-78,83H,7-73H2,1-6H3,(H,88,89)(H,90,91)/t76-,77-,78-/m1/s1. The number of carbonyl (C=O) groups is 4. The highest BCUT2D eigenvalue weighted by Gasteiger charge is 2.30. The average Bonchev–Trinajstić information content (AvgIpc) is 1.02. The number of phosphoric ester groups is 2. The van der Waals surface area contributed by atoms with E-state index in [9.17, 15) is 43.2 Å². The maximum atomic E-state index is 13.1. The van der Waals surface area contributed by atoms with Gasteiger partial charge in [0.2, 0.25) is 0 Å². The summed E-state index contributed by atoms with van der Waals surface area (Å²) in [6, 6.07) is 0. The number of hydrogen-bond acceptors (Lipinski definition) is 15. The third kappa shape index (κ3) is 76.1. The lowest BCUT2D eigenvalue weighted by atomic mass is 10.0. The second-order valence-corrected chi connectivity index (χ2v) is 33.4. The van der Waals surface area contributed by atoms with Gasteiger partial charge in [-0.05, 0) is 37.5 Å². The van der Waals surface area contributed by atoms with E-state index in [4.69, 9.17) is 37.0 Å². The van der Waals surface area contributed by atoms with Crippen LogP contribution in [0.1, 0.15) is 433 Å². The number of ether oxygens (including phenoxy) is 4. The fraction of sp³-hybridized carbons (Fsp3) is 0.951. The summed E-state index contributed by atoms with van der Waals surface area (Å²) in [5.41, 5.74) is 0. The molecule has 0 bridgehead atoms. The van der Waals surface area contributed by atoms with E-state index in [1.807, 2.05) is 0 Å². The number of esters is 4. The van der Waals surface area contributed by atoms with Crippen molar-refractivity contribution in [1.82, 2.24) is 0 Å². The van der Waals surface area contributed by atoms with E-state index < -0.39 is 97.5 Å². The summed E-state index contributed by atoms with van der Waals surface area (Å²) in [6.45, 7) is 9.53. The van der Waals surface area contributed by atoms with Gasteiger partial charge in [0.15, 0.2) is 12.2 Å². The third-order valence-electron chi connectivity index (χ3n) is 19.2. The SMILES string of the molecule is CCCCCCCCCCCCCCCCCCCCCCC(=O)OC[C@H](COP(=O)(O)OC[C@@H](O)COP(=O)(O)OC[C@@H](COC(=O)CCCCCCCCCC(C)C)OC(=O)CCCCCCCCCCC(C)C)OC(=O)CCCCCCCCCCCCCCCCCCCCCC. The van der Waals surface area contributed by atoms with E-state index in [-0.39, 0.29) is 25.7 Å². The van der Waals surface area contributed by atoms with Crippen molar-refractivity contribution in [2.75, 3.05) is 39.6 Å². The zero-order chi connectivity index (χ0) is 74.2. The first-order valence-electron chi connectivity index (χ1n) is 42.5. The van der Waals surface area contributed by atoms with Crippen LogP contribution in [0.5, 0.6) is 0 Å². The number of unbranched alkanes of at least 4 members (excludes halogenated alkanes) is 51. The van der Waals surface area contributed by atoms with Crippen molar-refractivity contribution < 1.29 is 80.2 Å². The zero-order valence-corrected chi connectivity index (χ0v) is 68.0. The highest BCUT2D eigenvalue weighted by atomic mass is 31.2. The molecule has 2 unspecified atom stereocenters. The van der Waals surface area contributed by atoms with Crippen molar-refractivity contribution in [1.29, 1.82) is 0 Å². The molecular formula is C82H160O17P2. The van der Waals surface area contributed by atoms with E-state index in [0.717, 1.165) is 102 Å². The number of carbonyl (C=O) groups excluding carboxylic acids is 4. The Morgan fingerprint density at radius 1 is 0.267 bits per heavy atom. The molecule has 0 radical (unpaired) electrons. The van der Waals surface area contributed by atoms with Crippen molar-refractivity contribution in [2.45, 2.75) is 452 Å². The Bertz CT molecular complexity index is 1940. The van der Waals surface area contributed by atoms with Gasteiger partial charge in [-0.15, -0.1) is 0 Å². The van der Waals surface area contributed by atoms with Crippen LogP contribution in [0.25, 0.3) is 0 Å². The molecule has 0 aliphatic heterocycles. The number of aliphatic hydroxyl groups is 1. The first-order chi connectivity index (χ1) is 48.9. The Balaban J connectivity index is 5.20. The Labute approximate surface area is 619 Å². The highest BCUT2D eigenvalue weighted by molar-refractivity contribution is 7.47. The lowest BCUT2D eigenvalue weighted by Crippen LogP contribution is -2.30. The van der Waals surface area contributed by atoms with E-state index in [1.54, 1.807) is 0 Å². The first kappa shape index (κ1) is 99.1. The van der Waals surface area contributed by atoms with Crippen LogP contribution < -0.4 is 0 Å². The van der Waals surface area contributed by atoms with Crippen LogP contribution in [0.3, 0.4) is 0 Å². The predicted molar refractivity (Wildman–Crippen MR) is 414 cm³/mol. The van der Waals surface area contributed by atoms with Crippen LogP contribution in [0, 0.1) is 11.8 Å². The number of hydrogen-bond donors (Lipinski definition) is 3. The minimum atomic E-state index is -4.96. The van der Waals surface area contributed by atoms with Gasteiger partial charge in [0, 0.05) is 25.7 Å². The second kappa shape index (κ2) is 73.6. The maximum absolute atomic E-state index is 13.1. The smallest absolute Gasteiger partial charge is 0.462 e. The molecule has 0 fully saturated rings. The van der Waals surface area contributed by atoms with Crippen molar-refractivity contribution in [3.05, 3.63) is 0 Å². The molecule has 19 heteroatoms. The monoisotopic (exact) mass is 1480 g/mol. The van der Waals surface area contributed by atoms with Crippen LogP contribution in [0.2, 0.25) is 0 Å². The molecule has 17 nitrogen and oxygen atoms in total. The molecule has 0 spiro atoms. The van der Waals surface area contributed by atoms with Gasteiger partial charge in [0.05, 0.1) is 26.4 Å². The van der Waals surface area contributed by atoms with Gasteiger partial charge in [-0.1, -0.05) is 382 Å². The van der Waals surface area contributed by atoms with Crippen molar-refractivity contribution in [3.63, 3.8) is 0 Å². The maximum Gasteiger partial charge on any atom is 0.472 e. The van der Waals surface area contributed by atoms with Crippen LogP contribution in [-0.4, -0.2) is 96.7 Å². The summed E-state index contributed by atoms with van der Waals surface area (Å²) < 4.78 is 68.7. The molecular weight excluding hydrogens is 1320 g/mol. The molecule has 0 aromatic rings. The zero-order valence-electron chi connectivity index (χ0n) is 66.2.